The second kappa shape index (κ2) is 6.62. The maximum Gasteiger partial charge on any atom is 0.254 e. The van der Waals surface area contributed by atoms with Crippen LogP contribution in [0.3, 0.4) is 0 Å². The summed E-state index contributed by atoms with van der Waals surface area (Å²) in [5.74, 6) is 0.527. The highest BCUT2D eigenvalue weighted by atomic mass is 16.3. The number of amides is 1. The van der Waals surface area contributed by atoms with E-state index in [9.17, 15) is 4.79 Å². The van der Waals surface area contributed by atoms with Gasteiger partial charge in [-0.1, -0.05) is 0 Å². The summed E-state index contributed by atoms with van der Waals surface area (Å²) < 4.78 is 5.28. The lowest BCUT2D eigenvalue weighted by atomic mass is 10.1. The number of rotatable bonds is 5. The second-order valence-corrected chi connectivity index (χ2v) is 4.85. The Bertz CT molecular complexity index is 636. The number of hydrogen-bond acceptors (Lipinski definition) is 4. The zero-order valence-electron chi connectivity index (χ0n) is 11.9. The van der Waals surface area contributed by atoms with E-state index in [0.29, 0.717) is 30.1 Å². The largest absolute Gasteiger partial charge is 0.467 e. The first-order chi connectivity index (χ1) is 10.1. The lowest BCUT2D eigenvalue weighted by Gasteiger charge is -2.21. The van der Waals surface area contributed by atoms with Crippen LogP contribution in [-0.2, 0) is 6.54 Å². The van der Waals surface area contributed by atoms with Crippen molar-refractivity contribution < 1.29 is 9.21 Å². The molecule has 0 radical (unpaired) electrons. The minimum absolute atomic E-state index is 0.156. The molecule has 0 saturated heterocycles. The zero-order chi connectivity index (χ0) is 15.2. The van der Waals surface area contributed by atoms with Crippen molar-refractivity contribution in [2.24, 2.45) is 0 Å². The number of anilines is 1. The smallest absolute Gasteiger partial charge is 0.254 e. The molecule has 2 aromatic rings. The molecule has 2 N–H and O–H groups in total. The number of nitrogens with zero attached hydrogens (tertiary/aromatic N) is 2. The molecular formula is C16H17N3O2. The molecule has 0 saturated carbocycles. The van der Waals surface area contributed by atoms with Crippen molar-refractivity contribution in [2.75, 3.05) is 12.3 Å². The number of hydrogen-bond donors (Lipinski definition) is 1. The first-order valence-corrected chi connectivity index (χ1v) is 6.66. The van der Waals surface area contributed by atoms with E-state index in [1.165, 1.54) is 0 Å². The number of furan rings is 1. The van der Waals surface area contributed by atoms with Crippen molar-refractivity contribution in [1.29, 1.82) is 5.26 Å². The van der Waals surface area contributed by atoms with Crippen LogP contribution in [0.15, 0.2) is 41.0 Å². The van der Waals surface area contributed by atoms with Gasteiger partial charge in [0.05, 0.1) is 25.3 Å². The highest BCUT2D eigenvalue weighted by Crippen LogP contribution is 2.16. The molecule has 1 amide bonds. The van der Waals surface area contributed by atoms with Gasteiger partial charge in [0.1, 0.15) is 5.76 Å². The molecule has 5 nitrogen and oxygen atoms in total. The Morgan fingerprint density at radius 3 is 2.86 bits per heavy atom. The Labute approximate surface area is 123 Å². The van der Waals surface area contributed by atoms with Crippen molar-refractivity contribution >= 4 is 11.6 Å². The van der Waals surface area contributed by atoms with Gasteiger partial charge in [-0.05, 0) is 42.8 Å². The normalized spacial score (nSPS) is 10.1. The Balaban J connectivity index is 2.22. The number of aryl methyl sites for hydroxylation is 1. The maximum absolute atomic E-state index is 12.6. The van der Waals surface area contributed by atoms with E-state index >= 15 is 0 Å². The molecule has 0 bridgehead atoms. The molecule has 0 aliphatic rings. The van der Waals surface area contributed by atoms with E-state index in [-0.39, 0.29) is 12.3 Å². The van der Waals surface area contributed by atoms with Gasteiger partial charge in [-0.2, -0.15) is 5.26 Å². The van der Waals surface area contributed by atoms with E-state index in [1.54, 1.807) is 35.4 Å². The first-order valence-electron chi connectivity index (χ1n) is 6.66. The summed E-state index contributed by atoms with van der Waals surface area (Å²) in [5, 5.41) is 8.75. The average Bonchev–Trinajstić information content (AvgIpc) is 2.94. The van der Waals surface area contributed by atoms with E-state index in [1.807, 2.05) is 13.0 Å². The Morgan fingerprint density at radius 1 is 1.43 bits per heavy atom. The third-order valence-corrected chi connectivity index (χ3v) is 3.05. The summed E-state index contributed by atoms with van der Waals surface area (Å²) in [6.07, 6.45) is 1.83. The van der Waals surface area contributed by atoms with Crippen molar-refractivity contribution in [2.45, 2.75) is 19.9 Å². The highest BCUT2D eigenvalue weighted by molar-refractivity contribution is 5.95. The van der Waals surface area contributed by atoms with Crippen LogP contribution in [0.5, 0.6) is 0 Å². The van der Waals surface area contributed by atoms with E-state index < -0.39 is 0 Å². The van der Waals surface area contributed by atoms with Crippen LogP contribution in [0.2, 0.25) is 0 Å². The summed E-state index contributed by atoms with van der Waals surface area (Å²) in [5.41, 5.74) is 7.80. The molecule has 0 fully saturated rings. The molecule has 108 valence electrons. The molecular weight excluding hydrogens is 266 g/mol. The fourth-order valence-electron chi connectivity index (χ4n) is 2.15. The van der Waals surface area contributed by atoms with Crippen molar-refractivity contribution in [1.82, 2.24) is 4.90 Å². The summed E-state index contributed by atoms with van der Waals surface area (Å²) in [6.45, 7) is 2.57. The van der Waals surface area contributed by atoms with Crippen LogP contribution in [0.25, 0.3) is 0 Å². The highest BCUT2D eigenvalue weighted by Gasteiger charge is 2.17. The first kappa shape index (κ1) is 14.7. The van der Waals surface area contributed by atoms with E-state index in [0.717, 1.165) is 5.56 Å². The molecule has 0 unspecified atom stereocenters. The van der Waals surface area contributed by atoms with Crippen LogP contribution < -0.4 is 5.73 Å². The Hall–Kier alpha value is -2.74. The second-order valence-electron chi connectivity index (χ2n) is 4.85. The SMILES string of the molecule is Cc1cc(N)cc(C(=O)N(CCC#N)Cc2ccco2)c1. The Kier molecular flexibility index (Phi) is 4.62. The number of carbonyl (C=O) groups is 1. The van der Waals surface area contributed by atoms with Crippen molar-refractivity contribution in [3.8, 4) is 6.07 Å². The van der Waals surface area contributed by atoms with Crippen LogP contribution >= 0.6 is 0 Å². The third kappa shape index (κ3) is 3.86. The van der Waals surface area contributed by atoms with Crippen molar-refractivity contribution in [3.63, 3.8) is 0 Å². The number of nitrogen functional groups attached to an aromatic ring is 1. The number of benzene rings is 1. The number of nitrogens with two attached hydrogens (primary N) is 1. The number of nitriles is 1. The molecule has 0 atom stereocenters. The Morgan fingerprint density at radius 2 is 2.24 bits per heavy atom. The standard InChI is InChI=1S/C16H17N3O2/c1-12-8-13(10-14(18)9-12)16(20)19(6-3-5-17)11-15-4-2-7-21-15/h2,4,7-10H,3,6,11,18H2,1H3. The van der Waals surface area contributed by atoms with Crippen LogP contribution in [-0.4, -0.2) is 17.4 Å². The zero-order valence-corrected chi connectivity index (χ0v) is 11.9. The fraction of sp³-hybridized carbons (Fsp3) is 0.250. The molecule has 0 spiro atoms. The van der Waals surface area contributed by atoms with E-state index in [2.05, 4.69) is 6.07 Å². The van der Waals surface area contributed by atoms with Gasteiger partial charge in [-0.3, -0.25) is 4.79 Å². The maximum atomic E-state index is 12.6. The molecule has 1 heterocycles. The predicted molar refractivity (Wildman–Crippen MR) is 79.3 cm³/mol. The van der Waals surface area contributed by atoms with Gasteiger partial charge in [-0.15, -0.1) is 0 Å². The molecule has 21 heavy (non-hydrogen) atoms. The quantitative estimate of drug-likeness (QED) is 0.855. The van der Waals surface area contributed by atoms with Gasteiger partial charge < -0.3 is 15.1 Å². The predicted octanol–water partition coefficient (Wildman–Crippen LogP) is 2.73. The van der Waals surface area contributed by atoms with Gasteiger partial charge in [0.15, 0.2) is 0 Å². The minimum atomic E-state index is -0.156. The van der Waals surface area contributed by atoms with Gasteiger partial charge in [0.25, 0.3) is 5.91 Å². The topological polar surface area (TPSA) is 83.3 Å². The molecule has 1 aromatic heterocycles. The lowest BCUT2D eigenvalue weighted by Crippen LogP contribution is -2.31. The lowest BCUT2D eigenvalue weighted by molar-refractivity contribution is 0.0735. The van der Waals surface area contributed by atoms with Gasteiger partial charge in [-0.25, -0.2) is 0 Å². The fourth-order valence-corrected chi connectivity index (χ4v) is 2.15. The molecule has 0 aliphatic heterocycles. The third-order valence-electron chi connectivity index (χ3n) is 3.05. The molecule has 0 aliphatic carbocycles. The van der Waals surface area contributed by atoms with E-state index in [4.69, 9.17) is 15.4 Å². The van der Waals surface area contributed by atoms with Crippen LogP contribution in [0.4, 0.5) is 5.69 Å². The summed E-state index contributed by atoms with van der Waals surface area (Å²) >= 11 is 0. The monoisotopic (exact) mass is 283 g/mol. The summed E-state index contributed by atoms with van der Waals surface area (Å²) in [7, 11) is 0. The van der Waals surface area contributed by atoms with Gasteiger partial charge in [0, 0.05) is 17.8 Å². The van der Waals surface area contributed by atoms with Gasteiger partial charge >= 0.3 is 0 Å². The van der Waals surface area contributed by atoms with Crippen molar-refractivity contribution in [3.05, 3.63) is 53.5 Å². The molecule has 1 aromatic carbocycles. The van der Waals surface area contributed by atoms with Crippen LogP contribution in [0, 0.1) is 18.3 Å². The summed E-state index contributed by atoms with van der Waals surface area (Å²) in [4.78, 5) is 14.2. The minimum Gasteiger partial charge on any atom is -0.467 e. The van der Waals surface area contributed by atoms with Crippen LogP contribution in [0.1, 0.15) is 28.1 Å². The number of carbonyl (C=O) groups excluding carboxylic acids is 1. The average molecular weight is 283 g/mol. The molecule has 2 rings (SSSR count). The van der Waals surface area contributed by atoms with Gasteiger partial charge in [0.2, 0.25) is 0 Å². The summed E-state index contributed by atoms with van der Waals surface area (Å²) in [6, 6.07) is 10.9. The molecule has 5 heteroatoms.